The van der Waals surface area contributed by atoms with Crippen LogP contribution in [-0.4, -0.2) is 31.9 Å². The van der Waals surface area contributed by atoms with Crippen molar-refractivity contribution in [3.05, 3.63) is 28.8 Å². The molecule has 0 bridgehead atoms. The molecule has 1 aliphatic heterocycles. The summed E-state index contributed by atoms with van der Waals surface area (Å²) in [6.45, 7) is 0.424. The van der Waals surface area contributed by atoms with Crippen molar-refractivity contribution in [2.75, 3.05) is 13.1 Å². The van der Waals surface area contributed by atoms with Gasteiger partial charge in [-0.2, -0.15) is 17.5 Å². The molecule has 0 aliphatic carbocycles. The Hall–Kier alpha value is -0.540. The Bertz CT molecular complexity index is 638. The second kappa shape index (κ2) is 6.92. The van der Waals surface area contributed by atoms with E-state index in [1.165, 1.54) is 0 Å². The van der Waals surface area contributed by atoms with E-state index in [-0.39, 0.29) is 36.4 Å². The van der Waals surface area contributed by atoms with Gasteiger partial charge in [-0.3, -0.25) is 0 Å². The van der Waals surface area contributed by atoms with Crippen LogP contribution < -0.4 is 5.73 Å². The maximum Gasteiger partial charge on any atom is 0.416 e. The van der Waals surface area contributed by atoms with E-state index in [1.807, 2.05) is 0 Å². The minimum absolute atomic E-state index is 0. The molecule has 1 unspecified atom stereocenters. The van der Waals surface area contributed by atoms with Gasteiger partial charge in [0.05, 0.1) is 10.6 Å². The van der Waals surface area contributed by atoms with Crippen LogP contribution in [-0.2, 0) is 16.2 Å². The van der Waals surface area contributed by atoms with Gasteiger partial charge in [-0.25, -0.2) is 8.42 Å². The second-order valence-electron chi connectivity index (χ2n) is 4.91. The molecular weight excluding hydrogens is 364 g/mol. The van der Waals surface area contributed by atoms with Gasteiger partial charge in [-0.05, 0) is 31.0 Å². The summed E-state index contributed by atoms with van der Waals surface area (Å²) in [7, 11) is -3.93. The lowest BCUT2D eigenvalue weighted by molar-refractivity contribution is -0.137. The van der Waals surface area contributed by atoms with Crippen molar-refractivity contribution >= 4 is 34.0 Å². The summed E-state index contributed by atoms with van der Waals surface area (Å²) in [4.78, 5) is -0.328. The predicted molar refractivity (Wildman–Crippen MR) is 79.7 cm³/mol. The molecule has 1 saturated heterocycles. The Morgan fingerprint density at radius 2 is 1.95 bits per heavy atom. The summed E-state index contributed by atoms with van der Waals surface area (Å²) >= 11 is 5.74. The van der Waals surface area contributed by atoms with E-state index >= 15 is 0 Å². The van der Waals surface area contributed by atoms with Crippen molar-refractivity contribution in [2.24, 2.45) is 5.73 Å². The van der Waals surface area contributed by atoms with Gasteiger partial charge >= 0.3 is 6.18 Å². The van der Waals surface area contributed by atoms with Crippen LogP contribution in [0.3, 0.4) is 0 Å². The van der Waals surface area contributed by atoms with Crippen molar-refractivity contribution < 1.29 is 21.6 Å². The summed E-state index contributed by atoms with van der Waals surface area (Å²) in [5.41, 5.74) is 4.75. The summed E-state index contributed by atoms with van der Waals surface area (Å²) in [6, 6.07) is 1.95. The number of halogens is 5. The van der Waals surface area contributed by atoms with Gasteiger partial charge in [0.25, 0.3) is 0 Å². The first kappa shape index (κ1) is 19.5. The molecule has 0 amide bonds. The number of piperidine rings is 1. The molecule has 22 heavy (non-hydrogen) atoms. The van der Waals surface area contributed by atoms with E-state index in [4.69, 9.17) is 17.3 Å². The molecule has 126 valence electrons. The topological polar surface area (TPSA) is 63.4 Å². The first-order valence-corrected chi connectivity index (χ1v) is 8.06. The average molecular weight is 379 g/mol. The van der Waals surface area contributed by atoms with Gasteiger partial charge < -0.3 is 5.73 Å². The quantitative estimate of drug-likeness (QED) is 0.860. The standard InChI is InChI=1S/C12H14ClF3N2O2S.ClH/c13-10-6-8(12(14,15)16)3-4-11(10)21(19,20)18-5-1-2-9(17)7-18;/h3-4,6,9H,1-2,5,7,17H2;1H. The van der Waals surface area contributed by atoms with E-state index in [0.717, 1.165) is 10.4 Å². The lowest BCUT2D eigenvalue weighted by Gasteiger charge is -2.30. The monoisotopic (exact) mass is 378 g/mol. The van der Waals surface area contributed by atoms with E-state index in [9.17, 15) is 21.6 Å². The molecule has 0 spiro atoms. The number of nitrogens with zero attached hydrogens (tertiary/aromatic N) is 1. The number of hydrogen-bond donors (Lipinski definition) is 1. The lowest BCUT2D eigenvalue weighted by atomic mass is 10.1. The smallest absolute Gasteiger partial charge is 0.327 e. The summed E-state index contributed by atoms with van der Waals surface area (Å²) in [5, 5.41) is -0.441. The third-order valence-corrected chi connectivity index (χ3v) is 5.65. The molecule has 1 aliphatic rings. The van der Waals surface area contributed by atoms with Gasteiger partial charge in [-0.1, -0.05) is 11.6 Å². The lowest BCUT2D eigenvalue weighted by Crippen LogP contribution is -2.45. The minimum Gasteiger partial charge on any atom is -0.327 e. The zero-order valence-corrected chi connectivity index (χ0v) is 13.7. The predicted octanol–water partition coefficient (Wildman–Crippen LogP) is 2.89. The van der Waals surface area contributed by atoms with Gasteiger partial charge in [0, 0.05) is 19.1 Å². The third-order valence-electron chi connectivity index (χ3n) is 3.30. The van der Waals surface area contributed by atoms with Crippen LogP contribution >= 0.6 is 24.0 Å². The molecule has 0 saturated carbocycles. The summed E-state index contributed by atoms with van der Waals surface area (Å²) in [5.74, 6) is 0. The Balaban J connectivity index is 0.00000242. The highest BCUT2D eigenvalue weighted by molar-refractivity contribution is 7.89. The zero-order valence-electron chi connectivity index (χ0n) is 11.3. The second-order valence-corrected chi connectivity index (χ2v) is 7.22. The molecule has 1 atom stereocenters. The molecule has 0 aromatic heterocycles. The molecule has 1 fully saturated rings. The third kappa shape index (κ3) is 4.05. The number of hydrogen-bond acceptors (Lipinski definition) is 3. The van der Waals surface area contributed by atoms with Gasteiger partial charge in [-0.15, -0.1) is 12.4 Å². The van der Waals surface area contributed by atoms with Gasteiger partial charge in [0.1, 0.15) is 4.90 Å². The first-order chi connectivity index (χ1) is 9.62. The van der Waals surface area contributed by atoms with Gasteiger partial charge in [0.2, 0.25) is 10.0 Å². The SMILES string of the molecule is Cl.NC1CCCN(S(=O)(=O)c2ccc(C(F)(F)F)cc2Cl)C1. The number of rotatable bonds is 2. The van der Waals surface area contributed by atoms with Crippen molar-refractivity contribution in [2.45, 2.75) is 30.0 Å². The van der Waals surface area contributed by atoms with Crippen LogP contribution in [0.15, 0.2) is 23.1 Å². The molecule has 1 aromatic rings. The normalized spacial score (nSPS) is 20.5. The molecular formula is C12H15Cl2F3N2O2S. The number of sulfonamides is 1. The maximum atomic E-state index is 12.6. The fourth-order valence-electron chi connectivity index (χ4n) is 2.22. The molecule has 1 aromatic carbocycles. The van der Waals surface area contributed by atoms with E-state index in [0.29, 0.717) is 25.0 Å². The van der Waals surface area contributed by atoms with Crippen molar-refractivity contribution in [1.82, 2.24) is 4.31 Å². The van der Waals surface area contributed by atoms with E-state index in [1.54, 1.807) is 0 Å². The van der Waals surface area contributed by atoms with Crippen LogP contribution in [0.1, 0.15) is 18.4 Å². The summed E-state index contributed by atoms with van der Waals surface area (Å²) in [6.07, 6.45) is -3.25. The maximum absolute atomic E-state index is 12.6. The summed E-state index contributed by atoms with van der Waals surface area (Å²) < 4.78 is 63.7. The minimum atomic E-state index is -4.57. The highest BCUT2D eigenvalue weighted by atomic mass is 35.5. The van der Waals surface area contributed by atoms with Crippen LogP contribution in [0.25, 0.3) is 0 Å². The molecule has 0 radical (unpaired) electrons. The number of nitrogens with two attached hydrogens (primary N) is 1. The van der Waals surface area contributed by atoms with Crippen LogP contribution in [0.5, 0.6) is 0 Å². The first-order valence-electron chi connectivity index (χ1n) is 6.25. The highest BCUT2D eigenvalue weighted by Crippen LogP contribution is 2.34. The largest absolute Gasteiger partial charge is 0.416 e. The Morgan fingerprint density at radius 3 is 2.45 bits per heavy atom. The molecule has 2 rings (SSSR count). The number of benzene rings is 1. The van der Waals surface area contributed by atoms with Crippen molar-refractivity contribution in [3.63, 3.8) is 0 Å². The molecule has 2 N–H and O–H groups in total. The van der Waals surface area contributed by atoms with Crippen molar-refractivity contribution in [1.29, 1.82) is 0 Å². The molecule has 1 heterocycles. The highest BCUT2D eigenvalue weighted by Gasteiger charge is 2.34. The van der Waals surface area contributed by atoms with Crippen molar-refractivity contribution in [3.8, 4) is 0 Å². The van der Waals surface area contributed by atoms with Crippen LogP contribution in [0.2, 0.25) is 5.02 Å². The fraction of sp³-hybridized carbons (Fsp3) is 0.500. The molecule has 4 nitrogen and oxygen atoms in total. The molecule has 10 heteroatoms. The fourth-order valence-corrected chi connectivity index (χ4v) is 4.27. The Kier molecular flexibility index (Phi) is 6.14. The van der Waals surface area contributed by atoms with Crippen LogP contribution in [0, 0.1) is 0 Å². The van der Waals surface area contributed by atoms with E-state index in [2.05, 4.69) is 0 Å². The Morgan fingerprint density at radius 1 is 1.32 bits per heavy atom. The average Bonchev–Trinajstić information content (AvgIpc) is 2.37. The van der Waals surface area contributed by atoms with Crippen LogP contribution in [0.4, 0.5) is 13.2 Å². The van der Waals surface area contributed by atoms with Gasteiger partial charge in [0.15, 0.2) is 0 Å². The Labute approximate surface area is 137 Å². The number of alkyl halides is 3. The zero-order chi connectivity index (χ0) is 15.8. The van der Waals surface area contributed by atoms with E-state index < -0.39 is 26.8 Å².